The number of hydrogen-bond donors (Lipinski definition) is 0. The number of rotatable bonds is 9. The molecule has 1 aliphatic heterocycles. The lowest BCUT2D eigenvalue weighted by atomic mass is 9.73. The van der Waals surface area contributed by atoms with Crippen LogP contribution in [0.5, 0.6) is 0 Å². The summed E-state index contributed by atoms with van der Waals surface area (Å²) < 4.78 is 2.65. The van der Waals surface area contributed by atoms with Gasteiger partial charge in [-0.3, -0.25) is 0 Å². The fourth-order valence-corrected chi connectivity index (χ4v) is 7.66. The molecule has 42 heavy (non-hydrogen) atoms. The predicted molar refractivity (Wildman–Crippen MR) is 178 cm³/mol. The van der Waals surface area contributed by atoms with Gasteiger partial charge in [-0.25, -0.2) is 4.98 Å². The summed E-state index contributed by atoms with van der Waals surface area (Å²) in [5.74, 6) is 0.950. The Kier molecular flexibility index (Phi) is 7.46. The quantitative estimate of drug-likeness (QED) is 0.132. The highest BCUT2D eigenvalue weighted by atomic mass is 15.1. The van der Waals surface area contributed by atoms with E-state index in [0.29, 0.717) is 0 Å². The van der Waals surface area contributed by atoms with Gasteiger partial charge < -0.3 is 0 Å². The van der Waals surface area contributed by atoms with Gasteiger partial charge in [-0.2, -0.15) is 4.58 Å². The highest BCUT2D eigenvalue weighted by Gasteiger charge is 2.48. The van der Waals surface area contributed by atoms with Gasteiger partial charge in [0.25, 0.3) is 0 Å². The fourth-order valence-electron chi connectivity index (χ4n) is 7.66. The van der Waals surface area contributed by atoms with Crippen molar-refractivity contribution in [2.24, 2.45) is 5.92 Å². The zero-order chi connectivity index (χ0) is 28.4. The SMILES string of the molecule is CC1(Cc2ccccc2)C(C=Cc2ccc3ccccc3n2)=[N+](CCCCC2CCCC2)c2ccc3ccccc3c21. The van der Waals surface area contributed by atoms with Crippen LogP contribution in [0.3, 0.4) is 0 Å². The third-order valence-corrected chi connectivity index (χ3v) is 9.76. The lowest BCUT2D eigenvalue weighted by Crippen LogP contribution is -2.34. The first kappa shape index (κ1) is 26.8. The molecule has 2 nitrogen and oxygen atoms in total. The van der Waals surface area contributed by atoms with Crippen LogP contribution in [-0.4, -0.2) is 21.8 Å². The van der Waals surface area contributed by atoms with Crippen molar-refractivity contribution in [1.29, 1.82) is 0 Å². The summed E-state index contributed by atoms with van der Waals surface area (Å²) in [6, 6.07) is 37.4. The molecular formula is C40H41N2+. The fraction of sp³-hybridized carbons (Fsp3) is 0.300. The van der Waals surface area contributed by atoms with Crippen molar-refractivity contribution in [3.05, 3.63) is 126 Å². The van der Waals surface area contributed by atoms with Crippen LogP contribution in [0.1, 0.15) is 68.7 Å². The van der Waals surface area contributed by atoms with E-state index in [9.17, 15) is 0 Å². The van der Waals surface area contributed by atoms with Crippen LogP contribution >= 0.6 is 0 Å². The smallest absolute Gasteiger partial charge is 0.210 e. The Bertz CT molecular complexity index is 1770. The van der Waals surface area contributed by atoms with Gasteiger partial charge in [0.2, 0.25) is 5.69 Å². The molecular weight excluding hydrogens is 508 g/mol. The van der Waals surface area contributed by atoms with E-state index in [2.05, 4.69) is 127 Å². The molecule has 0 amide bonds. The first-order valence-corrected chi connectivity index (χ1v) is 15.9. The minimum Gasteiger partial charge on any atom is -0.248 e. The van der Waals surface area contributed by atoms with E-state index in [4.69, 9.17) is 4.98 Å². The summed E-state index contributed by atoms with van der Waals surface area (Å²) >= 11 is 0. The molecule has 1 fully saturated rings. The normalized spacial score (nSPS) is 19.0. The van der Waals surface area contributed by atoms with Crippen LogP contribution in [0, 0.1) is 5.92 Å². The maximum atomic E-state index is 4.99. The minimum absolute atomic E-state index is 0.170. The number of pyridine rings is 1. The third kappa shape index (κ3) is 5.20. The van der Waals surface area contributed by atoms with Crippen molar-refractivity contribution >= 4 is 39.2 Å². The van der Waals surface area contributed by atoms with Gasteiger partial charge in [0, 0.05) is 29.5 Å². The van der Waals surface area contributed by atoms with Gasteiger partial charge in [-0.15, -0.1) is 0 Å². The summed E-state index contributed by atoms with van der Waals surface area (Å²) in [4.78, 5) is 4.99. The van der Waals surface area contributed by atoms with Crippen LogP contribution < -0.4 is 0 Å². The van der Waals surface area contributed by atoms with E-state index >= 15 is 0 Å². The monoisotopic (exact) mass is 549 g/mol. The topological polar surface area (TPSA) is 15.9 Å². The summed E-state index contributed by atoms with van der Waals surface area (Å²) in [5, 5.41) is 3.87. The molecule has 0 bridgehead atoms. The van der Waals surface area contributed by atoms with E-state index < -0.39 is 0 Å². The summed E-state index contributed by atoms with van der Waals surface area (Å²) in [5.41, 5.74) is 7.47. The van der Waals surface area contributed by atoms with Gasteiger partial charge in [-0.05, 0) is 66.3 Å². The summed E-state index contributed by atoms with van der Waals surface area (Å²) in [7, 11) is 0. The molecule has 2 heterocycles. The van der Waals surface area contributed by atoms with E-state index in [0.717, 1.165) is 30.1 Å². The number of benzene rings is 4. The third-order valence-electron chi connectivity index (χ3n) is 9.76. The standard InChI is InChI=1S/C40H41N2/c1-40(29-31-16-3-2-4-17-31)38(27-25-34-24-22-33-19-8-10-21-36(33)41-34)42(28-12-11-15-30-13-5-6-14-30)37-26-23-32-18-7-9-20-35(32)39(37)40/h2-4,7-10,16-27,30H,5-6,11-15,28-29H2,1H3/q+1. The molecule has 1 atom stereocenters. The number of fused-ring (bicyclic) bond motifs is 4. The van der Waals surface area contributed by atoms with Crippen LogP contribution in [0.25, 0.3) is 27.8 Å². The average molecular weight is 550 g/mol. The van der Waals surface area contributed by atoms with E-state index in [1.807, 2.05) is 0 Å². The zero-order valence-electron chi connectivity index (χ0n) is 24.8. The summed E-state index contributed by atoms with van der Waals surface area (Å²) in [6.45, 7) is 3.52. The Labute approximate surface area is 250 Å². The lowest BCUT2D eigenvalue weighted by molar-refractivity contribution is -0.438. The van der Waals surface area contributed by atoms with Crippen LogP contribution in [0.2, 0.25) is 0 Å². The molecule has 1 aromatic heterocycles. The Morgan fingerprint density at radius 1 is 0.762 bits per heavy atom. The Hall–Kier alpha value is -4.04. The van der Waals surface area contributed by atoms with Crippen molar-refractivity contribution in [3.8, 4) is 0 Å². The maximum absolute atomic E-state index is 4.99. The van der Waals surface area contributed by atoms with Crippen molar-refractivity contribution in [1.82, 2.24) is 4.98 Å². The van der Waals surface area contributed by atoms with Gasteiger partial charge in [0.1, 0.15) is 6.54 Å². The van der Waals surface area contributed by atoms with Gasteiger partial charge in [0.05, 0.1) is 16.6 Å². The highest BCUT2D eigenvalue weighted by Crippen LogP contribution is 2.46. The summed E-state index contributed by atoms with van der Waals surface area (Å²) in [6.07, 6.45) is 15.2. The van der Waals surface area contributed by atoms with Crippen molar-refractivity contribution in [2.45, 2.75) is 63.7 Å². The molecule has 0 radical (unpaired) electrons. The zero-order valence-corrected chi connectivity index (χ0v) is 24.8. The number of nitrogens with zero attached hydrogens (tertiary/aromatic N) is 2. The Morgan fingerprint density at radius 3 is 2.36 bits per heavy atom. The molecule has 0 N–H and O–H groups in total. The average Bonchev–Trinajstić information content (AvgIpc) is 3.63. The Balaban J connectivity index is 1.33. The second-order valence-electron chi connectivity index (χ2n) is 12.6. The van der Waals surface area contributed by atoms with Crippen LogP contribution in [0.4, 0.5) is 5.69 Å². The number of hydrogen-bond acceptors (Lipinski definition) is 1. The highest BCUT2D eigenvalue weighted by molar-refractivity contribution is 6.09. The first-order valence-electron chi connectivity index (χ1n) is 15.9. The van der Waals surface area contributed by atoms with Crippen molar-refractivity contribution in [2.75, 3.05) is 6.54 Å². The number of para-hydroxylation sites is 1. The predicted octanol–water partition coefficient (Wildman–Crippen LogP) is 10.1. The Morgan fingerprint density at radius 2 is 1.50 bits per heavy atom. The van der Waals surface area contributed by atoms with Gasteiger partial charge in [0.15, 0.2) is 5.71 Å². The van der Waals surface area contributed by atoms with Gasteiger partial charge >= 0.3 is 0 Å². The number of aromatic nitrogens is 1. The van der Waals surface area contributed by atoms with E-state index in [1.54, 1.807) is 0 Å². The molecule has 5 aromatic rings. The van der Waals surface area contributed by atoms with Gasteiger partial charge in [-0.1, -0.05) is 111 Å². The molecule has 1 unspecified atom stereocenters. The van der Waals surface area contributed by atoms with Crippen LogP contribution in [-0.2, 0) is 11.8 Å². The van der Waals surface area contributed by atoms with E-state index in [1.165, 1.54) is 83.6 Å². The molecule has 0 spiro atoms. The molecule has 4 aromatic carbocycles. The maximum Gasteiger partial charge on any atom is 0.210 e. The molecule has 0 saturated heterocycles. The number of unbranched alkanes of at least 4 members (excludes halogenated alkanes) is 1. The second kappa shape index (κ2) is 11.7. The first-order chi connectivity index (χ1) is 20.7. The molecule has 2 heteroatoms. The minimum atomic E-state index is -0.170. The number of allylic oxidation sites excluding steroid dienone is 1. The van der Waals surface area contributed by atoms with E-state index in [-0.39, 0.29) is 5.41 Å². The van der Waals surface area contributed by atoms with Crippen LogP contribution in [0.15, 0.2) is 109 Å². The molecule has 7 rings (SSSR count). The molecule has 1 saturated carbocycles. The largest absolute Gasteiger partial charge is 0.248 e. The van der Waals surface area contributed by atoms with Crippen molar-refractivity contribution in [3.63, 3.8) is 0 Å². The van der Waals surface area contributed by atoms with Crippen molar-refractivity contribution < 1.29 is 4.58 Å². The molecule has 1 aliphatic carbocycles. The molecule has 210 valence electrons. The second-order valence-corrected chi connectivity index (χ2v) is 12.6. The molecule has 2 aliphatic rings. The lowest BCUT2D eigenvalue weighted by Gasteiger charge is -2.24.